The van der Waals surface area contributed by atoms with Crippen LogP contribution in [0, 0.1) is 0 Å². The van der Waals surface area contributed by atoms with Crippen molar-refractivity contribution in [2.24, 2.45) is 0 Å². The number of ether oxygens (including phenoxy) is 1. The normalized spacial score (nSPS) is 25.4. The summed E-state index contributed by atoms with van der Waals surface area (Å²) in [5.41, 5.74) is 1.53. The Morgan fingerprint density at radius 3 is 3.06 bits per heavy atom. The first kappa shape index (κ1) is 10.7. The molecule has 0 bridgehead atoms. The molecule has 2 atom stereocenters. The van der Waals surface area contributed by atoms with Crippen LogP contribution in [0.1, 0.15) is 19.1 Å². The predicted octanol–water partition coefficient (Wildman–Crippen LogP) is 3.15. The molecule has 16 heavy (non-hydrogen) atoms. The molecule has 0 unspecified atom stereocenters. The molecular weight excluding hydrogens is 340 g/mol. The average molecular weight is 350 g/mol. The quantitative estimate of drug-likeness (QED) is 0.586. The van der Waals surface area contributed by atoms with Crippen molar-refractivity contribution in [1.82, 2.24) is 14.5 Å². The number of pyridine rings is 1. The van der Waals surface area contributed by atoms with Gasteiger partial charge in [0, 0.05) is 6.20 Å². The largest absolute Gasteiger partial charge is 0.344 e. The molecule has 1 aliphatic heterocycles. The molecule has 1 fully saturated rings. The van der Waals surface area contributed by atoms with Crippen LogP contribution in [0.4, 0.5) is 0 Å². The Morgan fingerprint density at radius 1 is 1.44 bits per heavy atom. The summed E-state index contributed by atoms with van der Waals surface area (Å²) in [4.78, 5) is 8.58. The fraction of sp³-hybridized carbons (Fsp3) is 0.400. The second-order valence-corrected chi connectivity index (χ2v) is 5.49. The van der Waals surface area contributed by atoms with Crippen molar-refractivity contribution >= 4 is 45.4 Å². The van der Waals surface area contributed by atoms with Crippen LogP contribution in [-0.4, -0.2) is 18.6 Å². The number of halogens is 2. The van der Waals surface area contributed by atoms with Gasteiger partial charge in [-0.05, 0) is 18.9 Å². The number of nitrogens with zero attached hydrogens (tertiary/aromatic N) is 3. The number of hydrogen-bond donors (Lipinski definition) is 0. The highest BCUT2D eigenvalue weighted by molar-refractivity contribution is 14.1. The first-order chi connectivity index (χ1) is 7.75. The standard InChI is InChI=1S/C10H9ClIN3O/c11-6-3-4-13-10-9(6)14-5-15(10)8-2-1-7(12)16-8/h3-5,7-8H,1-2H2/t7-,8+/m0/s1. The molecule has 3 heterocycles. The van der Waals surface area contributed by atoms with E-state index in [-0.39, 0.29) is 10.3 Å². The second-order valence-electron chi connectivity index (χ2n) is 3.69. The minimum atomic E-state index is 0.0397. The molecule has 2 aromatic rings. The van der Waals surface area contributed by atoms with E-state index in [1.54, 1.807) is 18.6 Å². The first-order valence-electron chi connectivity index (χ1n) is 5.02. The summed E-state index contributed by atoms with van der Waals surface area (Å²) in [7, 11) is 0. The molecule has 0 spiro atoms. The van der Waals surface area contributed by atoms with Gasteiger partial charge in [-0.3, -0.25) is 4.57 Å². The smallest absolute Gasteiger partial charge is 0.163 e. The molecule has 0 amide bonds. The Hall–Kier alpha value is -0.400. The van der Waals surface area contributed by atoms with E-state index in [2.05, 4.69) is 32.6 Å². The summed E-state index contributed by atoms with van der Waals surface area (Å²) < 4.78 is 8.02. The Morgan fingerprint density at radius 2 is 2.31 bits per heavy atom. The molecule has 0 aliphatic carbocycles. The lowest BCUT2D eigenvalue weighted by Crippen LogP contribution is -2.07. The van der Waals surface area contributed by atoms with Crippen molar-refractivity contribution in [3.63, 3.8) is 0 Å². The van der Waals surface area contributed by atoms with Crippen molar-refractivity contribution in [2.45, 2.75) is 23.2 Å². The van der Waals surface area contributed by atoms with Gasteiger partial charge in [0.2, 0.25) is 0 Å². The molecule has 0 radical (unpaired) electrons. The first-order valence-corrected chi connectivity index (χ1v) is 6.64. The molecule has 0 aromatic carbocycles. The zero-order valence-corrected chi connectivity index (χ0v) is 11.2. The highest BCUT2D eigenvalue weighted by Gasteiger charge is 2.26. The third kappa shape index (κ3) is 1.70. The number of hydrogen-bond acceptors (Lipinski definition) is 3. The maximum atomic E-state index is 6.05. The van der Waals surface area contributed by atoms with E-state index in [0.717, 1.165) is 24.0 Å². The SMILES string of the molecule is Clc1ccnc2c1ncn2[C@H]1CC[C@@H](I)O1. The predicted molar refractivity (Wildman–Crippen MR) is 69.7 cm³/mol. The van der Waals surface area contributed by atoms with Crippen molar-refractivity contribution in [1.29, 1.82) is 0 Å². The molecule has 3 rings (SSSR count). The van der Waals surface area contributed by atoms with Crippen LogP contribution in [0.2, 0.25) is 5.02 Å². The summed E-state index contributed by atoms with van der Waals surface area (Å²) in [6.45, 7) is 0. The summed E-state index contributed by atoms with van der Waals surface area (Å²) in [6.07, 6.45) is 5.54. The minimum absolute atomic E-state index is 0.0397. The molecule has 1 saturated heterocycles. The highest BCUT2D eigenvalue weighted by atomic mass is 127. The van der Waals surface area contributed by atoms with Gasteiger partial charge < -0.3 is 4.74 Å². The topological polar surface area (TPSA) is 39.9 Å². The van der Waals surface area contributed by atoms with Crippen molar-refractivity contribution in [2.75, 3.05) is 0 Å². The van der Waals surface area contributed by atoms with Gasteiger partial charge in [0.25, 0.3) is 0 Å². The highest BCUT2D eigenvalue weighted by Crippen LogP contribution is 2.33. The third-order valence-corrected chi connectivity index (χ3v) is 3.89. The number of alkyl halides is 1. The summed E-state index contributed by atoms with van der Waals surface area (Å²) in [6, 6.07) is 1.75. The van der Waals surface area contributed by atoms with Gasteiger partial charge in [-0.1, -0.05) is 34.2 Å². The van der Waals surface area contributed by atoms with Gasteiger partial charge in [0.05, 0.1) is 11.3 Å². The van der Waals surface area contributed by atoms with E-state index in [9.17, 15) is 0 Å². The molecule has 0 saturated carbocycles. The number of aromatic nitrogens is 3. The van der Waals surface area contributed by atoms with E-state index in [0.29, 0.717) is 5.02 Å². The lowest BCUT2D eigenvalue weighted by Gasteiger charge is -2.12. The van der Waals surface area contributed by atoms with E-state index in [1.165, 1.54) is 0 Å². The fourth-order valence-electron chi connectivity index (χ4n) is 1.90. The van der Waals surface area contributed by atoms with Crippen molar-refractivity contribution in [3.8, 4) is 0 Å². The molecule has 4 nitrogen and oxygen atoms in total. The van der Waals surface area contributed by atoms with E-state index < -0.39 is 0 Å². The lowest BCUT2D eigenvalue weighted by atomic mass is 10.3. The summed E-state index contributed by atoms with van der Waals surface area (Å²) in [5, 5.41) is 0.632. The maximum absolute atomic E-state index is 6.05. The Balaban J connectivity index is 2.08. The Bertz CT molecular complexity index is 530. The number of fused-ring (bicyclic) bond motifs is 1. The van der Waals surface area contributed by atoms with Gasteiger partial charge in [0.1, 0.15) is 15.9 Å². The van der Waals surface area contributed by atoms with Crippen LogP contribution in [0.15, 0.2) is 18.6 Å². The molecule has 6 heteroatoms. The fourth-order valence-corrected chi connectivity index (χ4v) is 2.79. The van der Waals surface area contributed by atoms with Crippen LogP contribution in [-0.2, 0) is 4.74 Å². The zero-order chi connectivity index (χ0) is 11.1. The van der Waals surface area contributed by atoms with Crippen LogP contribution in [0.5, 0.6) is 0 Å². The number of imidazole rings is 1. The van der Waals surface area contributed by atoms with E-state index in [1.807, 2.05) is 4.57 Å². The van der Waals surface area contributed by atoms with Gasteiger partial charge in [-0.15, -0.1) is 0 Å². The van der Waals surface area contributed by atoms with Gasteiger partial charge in [-0.25, -0.2) is 9.97 Å². The Kier molecular flexibility index (Phi) is 2.76. The van der Waals surface area contributed by atoms with Gasteiger partial charge in [0.15, 0.2) is 5.65 Å². The third-order valence-electron chi connectivity index (χ3n) is 2.67. The van der Waals surface area contributed by atoms with Gasteiger partial charge >= 0.3 is 0 Å². The maximum Gasteiger partial charge on any atom is 0.163 e. The Labute approximate surface area is 111 Å². The monoisotopic (exact) mass is 349 g/mol. The minimum Gasteiger partial charge on any atom is -0.344 e. The van der Waals surface area contributed by atoms with Gasteiger partial charge in [-0.2, -0.15) is 0 Å². The molecule has 84 valence electrons. The summed E-state index contributed by atoms with van der Waals surface area (Å²) >= 11 is 8.35. The molecule has 1 aliphatic rings. The van der Waals surface area contributed by atoms with Crippen LogP contribution < -0.4 is 0 Å². The van der Waals surface area contributed by atoms with Crippen LogP contribution in [0.3, 0.4) is 0 Å². The van der Waals surface area contributed by atoms with Crippen LogP contribution in [0.25, 0.3) is 11.2 Å². The molecule has 0 N–H and O–H groups in total. The van der Waals surface area contributed by atoms with Crippen molar-refractivity contribution < 1.29 is 4.74 Å². The molecular formula is C10H9ClIN3O. The van der Waals surface area contributed by atoms with Crippen molar-refractivity contribution in [3.05, 3.63) is 23.6 Å². The van der Waals surface area contributed by atoms with Crippen LogP contribution >= 0.6 is 34.2 Å². The summed E-state index contributed by atoms with van der Waals surface area (Å²) in [5.74, 6) is 0. The number of rotatable bonds is 1. The second kappa shape index (κ2) is 4.12. The zero-order valence-electron chi connectivity index (χ0n) is 8.31. The average Bonchev–Trinajstić information content (AvgIpc) is 2.84. The molecule has 2 aromatic heterocycles. The van der Waals surface area contributed by atoms with E-state index in [4.69, 9.17) is 16.3 Å². The van der Waals surface area contributed by atoms with E-state index >= 15 is 0 Å². The lowest BCUT2D eigenvalue weighted by molar-refractivity contribution is 0.0506.